The predicted octanol–water partition coefficient (Wildman–Crippen LogP) is -1.09. The number of carbonyl (C=O) groups is 3. The Morgan fingerprint density at radius 3 is 2.95 bits per heavy atom. The van der Waals surface area contributed by atoms with Crippen LogP contribution < -0.4 is 5.32 Å². The fourth-order valence-corrected chi connectivity index (χ4v) is 1.92. The van der Waals surface area contributed by atoms with Gasteiger partial charge in [-0.15, -0.1) is 0 Å². The van der Waals surface area contributed by atoms with Gasteiger partial charge in [0.15, 0.2) is 0 Å². The van der Waals surface area contributed by atoms with E-state index in [1.807, 2.05) is 0 Å². The number of aromatic nitrogens is 1. The number of hydrogen-bond acceptors (Lipinski definition) is 5. The zero-order valence-electron chi connectivity index (χ0n) is 11.3. The second kappa shape index (κ2) is 6.15. The summed E-state index contributed by atoms with van der Waals surface area (Å²) in [4.78, 5) is 40.2. The van der Waals surface area contributed by atoms with Gasteiger partial charge >= 0.3 is 0 Å². The van der Waals surface area contributed by atoms with Gasteiger partial charge < -0.3 is 10.4 Å². The van der Waals surface area contributed by atoms with Gasteiger partial charge in [0.25, 0.3) is 11.8 Å². The molecule has 0 aliphatic carbocycles. The highest BCUT2D eigenvalue weighted by Gasteiger charge is 2.37. The zero-order valence-corrected chi connectivity index (χ0v) is 11.3. The summed E-state index contributed by atoms with van der Waals surface area (Å²) in [7, 11) is 1.37. The smallest absolute Gasteiger partial charge is 0.271 e. The molecule has 0 radical (unpaired) electrons. The maximum atomic E-state index is 12.2. The van der Waals surface area contributed by atoms with Crippen molar-refractivity contribution in [2.45, 2.75) is 12.5 Å². The average molecular weight is 287 g/mol. The molecule has 21 heavy (non-hydrogen) atoms. The van der Waals surface area contributed by atoms with Crippen molar-refractivity contribution in [3.63, 3.8) is 0 Å². The highest BCUT2D eigenvalue weighted by molar-refractivity contribution is 6.08. The fourth-order valence-electron chi connectivity index (χ4n) is 1.92. The maximum Gasteiger partial charge on any atom is 0.271 e. The molecular weight excluding hydrogens is 274 g/mol. The largest absolute Gasteiger partial charge is 0.384 e. The average Bonchev–Trinajstić information content (AvgIpc) is 2.72. The Balaban J connectivity index is 2.18. The summed E-state index contributed by atoms with van der Waals surface area (Å²) in [6.07, 6.45) is 1.36. The lowest BCUT2D eigenvalue weighted by Gasteiger charge is -2.11. The van der Waals surface area contributed by atoms with E-state index in [-0.39, 0.29) is 24.6 Å². The molecule has 1 unspecified atom stereocenters. The molecule has 2 N–H and O–H groups in total. The summed E-state index contributed by atoms with van der Waals surface area (Å²) in [5.74, 6) is 3.67. The zero-order chi connectivity index (χ0) is 15.4. The van der Waals surface area contributed by atoms with Crippen molar-refractivity contribution in [1.29, 1.82) is 0 Å². The minimum atomic E-state index is -0.879. The van der Waals surface area contributed by atoms with E-state index in [9.17, 15) is 14.4 Å². The normalized spacial score (nSPS) is 17.4. The molecule has 7 heteroatoms. The van der Waals surface area contributed by atoms with Crippen molar-refractivity contribution in [2.75, 3.05) is 13.7 Å². The van der Waals surface area contributed by atoms with Crippen LogP contribution in [-0.2, 0) is 9.59 Å². The third kappa shape index (κ3) is 3.07. The van der Waals surface area contributed by atoms with Gasteiger partial charge in [0, 0.05) is 13.2 Å². The Hall–Kier alpha value is -2.72. The number of carbonyl (C=O) groups excluding carboxylic acids is 3. The van der Waals surface area contributed by atoms with Crippen molar-refractivity contribution in [3.8, 4) is 11.8 Å². The Kier molecular flexibility index (Phi) is 4.30. The van der Waals surface area contributed by atoms with Gasteiger partial charge in [-0.3, -0.25) is 19.3 Å². The van der Waals surface area contributed by atoms with Crippen LogP contribution in [0.5, 0.6) is 0 Å². The minimum absolute atomic E-state index is 0.0493. The third-order valence-corrected chi connectivity index (χ3v) is 3.01. The van der Waals surface area contributed by atoms with Crippen LogP contribution in [0.2, 0.25) is 0 Å². The number of aliphatic hydroxyl groups is 1. The second-order valence-electron chi connectivity index (χ2n) is 4.38. The number of amides is 3. The molecule has 108 valence electrons. The summed E-state index contributed by atoms with van der Waals surface area (Å²) in [5.41, 5.74) is 0.391. The number of rotatable bonds is 2. The number of imide groups is 1. The molecule has 1 saturated heterocycles. The lowest BCUT2D eigenvalue weighted by Crippen LogP contribution is -2.41. The van der Waals surface area contributed by atoms with E-state index >= 15 is 0 Å². The molecule has 0 saturated carbocycles. The first kappa shape index (κ1) is 14.7. The molecule has 0 bridgehead atoms. The monoisotopic (exact) mass is 287 g/mol. The summed E-state index contributed by atoms with van der Waals surface area (Å²) in [6, 6.07) is 2.31. The number of nitrogens with zero attached hydrogens (tertiary/aromatic N) is 2. The molecular formula is C14H13N3O4. The molecule has 1 aromatic heterocycles. The van der Waals surface area contributed by atoms with Crippen LogP contribution in [0.15, 0.2) is 18.3 Å². The Labute approximate surface area is 121 Å². The van der Waals surface area contributed by atoms with E-state index in [2.05, 4.69) is 22.1 Å². The van der Waals surface area contributed by atoms with Gasteiger partial charge in [-0.05, 0) is 12.1 Å². The SMILES string of the molecule is CN1C(=O)CC(NC(=O)c2ncccc2C#CCO)C1=O. The van der Waals surface area contributed by atoms with Gasteiger partial charge in [0.1, 0.15) is 18.3 Å². The predicted molar refractivity (Wildman–Crippen MR) is 71.8 cm³/mol. The lowest BCUT2D eigenvalue weighted by atomic mass is 10.1. The molecule has 2 heterocycles. The van der Waals surface area contributed by atoms with Gasteiger partial charge in [-0.2, -0.15) is 0 Å². The number of likely N-dealkylation sites (tertiary alicyclic amines) is 1. The Morgan fingerprint density at radius 1 is 1.57 bits per heavy atom. The standard InChI is InChI=1S/C14H13N3O4/c1-17-11(19)8-10(14(17)21)16-13(20)12-9(5-3-7-18)4-2-6-15-12/h2,4,6,10,18H,7-8H2,1H3,(H,16,20). The van der Waals surface area contributed by atoms with Crippen LogP contribution in [0.4, 0.5) is 0 Å². The molecule has 1 fully saturated rings. The van der Waals surface area contributed by atoms with Crippen molar-refractivity contribution in [1.82, 2.24) is 15.2 Å². The summed E-state index contributed by atoms with van der Waals surface area (Å²) in [5, 5.41) is 11.2. The quantitative estimate of drug-likeness (QED) is 0.532. The third-order valence-electron chi connectivity index (χ3n) is 3.01. The van der Waals surface area contributed by atoms with E-state index in [0.717, 1.165) is 4.90 Å². The van der Waals surface area contributed by atoms with E-state index in [0.29, 0.717) is 5.56 Å². The first-order valence-electron chi connectivity index (χ1n) is 6.20. The Morgan fingerprint density at radius 2 is 2.33 bits per heavy atom. The highest BCUT2D eigenvalue weighted by atomic mass is 16.2. The molecule has 7 nitrogen and oxygen atoms in total. The van der Waals surface area contributed by atoms with E-state index in [4.69, 9.17) is 5.11 Å². The van der Waals surface area contributed by atoms with Crippen LogP contribution in [-0.4, -0.2) is 52.4 Å². The molecule has 1 aromatic rings. The number of nitrogens with one attached hydrogen (secondary N) is 1. The van der Waals surface area contributed by atoms with E-state index < -0.39 is 17.9 Å². The van der Waals surface area contributed by atoms with Gasteiger partial charge in [-0.1, -0.05) is 11.8 Å². The minimum Gasteiger partial charge on any atom is -0.384 e. The van der Waals surface area contributed by atoms with Gasteiger partial charge in [0.2, 0.25) is 5.91 Å². The van der Waals surface area contributed by atoms with Gasteiger partial charge in [-0.25, -0.2) is 4.98 Å². The highest BCUT2D eigenvalue weighted by Crippen LogP contribution is 2.12. The lowest BCUT2D eigenvalue weighted by molar-refractivity contribution is -0.137. The summed E-state index contributed by atoms with van der Waals surface area (Å²) in [6.45, 7) is -0.337. The van der Waals surface area contributed by atoms with Crippen LogP contribution in [0.1, 0.15) is 22.5 Å². The number of likely N-dealkylation sites (N-methyl/N-ethyl adjacent to an activating group) is 1. The van der Waals surface area contributed by atoms with Crippen molar-refractivity contribution in [2.24, 2.45) is 0 Å². The van der Waals surface area contributed by atoms with E-state index in [1.165, 1.54) is 13.2 Å². The molecule has 2 rings (SSSR count). The topological polar surface area (TPSA) is 99.6 Å². The summed E-state index contributed by atoms with van der Waals surface area (Å²) >= 11 is 0. The first-order chi connectivity index (χ1) is 10.0. The molecule has 3 amide bonds. The van der Waals surface area contributed by atoms with Crippen LogP contribution in [0, 0.1) is 11.8 Å². The van der Waals surface area contributed by atoms with E-state index in [1.54, 1.807) is 12.1 Å². The van der Waals surface area contributed by atoms with Crippen LogP contribution in [0.25, 0.3) is 0 Å². The summed E-state index contributed by atoms with van der Waals surface area (Å²) < 4.78 is 0. The molecule has 0 aromatic carbocycles. The van der Waals surface area contributed by atoms with Crippen LogP contribution >= 0.6 is 0 Å². The molecule has 0 spiro atoms. The molecule has 1 atom stereocenters. The van der Waals surface area contributed by atoms with Crippen molar-refractivity contribution >= 4 is 17.7 Å². The number of hydrogen-bond donors (Lipinski definition) is 2. The number of pyridine rings is 1. The van der Waals surface area contributed by atoms with Gasteiger partial charge in [0.05, 0.1) is 12.0 Å². The van der Waals surface area contributed by atoms with Crippen molar-refractivity contribution in [3.05, 3.63) is 29.6 Å². The van der Waals surface area contributed by atoms with Crippen molar-refractivity contribution < 1.29 is 19.5 Å². The molecule has 1 aliphatic heterocycles. The maximum absolute atomic E-state index is 12.2. The number of aliphatic hydroxyl groups excluding tert-OH is 1. The first-order valence-corrected chi connectivity index (χ1v) is 6.20. The fraction of sp³-hybridized carbons (Fsp3) is 0.286. The van der Waals surface area contributed by atoms with Crippen LogP contribution in [0.3, 0.4) is 0 Å². The molecule has 1 aliphatic rings. The Bertz CT molecular complexity index is 660. The second-order valence-corrected chi connectivity index (χ2v) is 4.38.